The number of anilines is 3. The highest BCUT2D eigenvalue weighted by atomic mass is 19.4. The number of hydrogen-bond acceptors (Lipinski definition) is 4. The molecule has 0 aliphatic heterocycles. The Labute approximate surface area is 220 Å². The van der Waals surface area contributed by atoms with E-state index in [1.54, 1.807) is 29.0 Å². The first-order valence-electron chi connectivity index (χ1n) is 12.3. The summed E-state index contributed by atoms with van der Waals surface area (Å²) in [5.74, 6) is 0.185. The van der Waals surface area contributed by atoms with Crippen molar-refractivity contribution in [2.75, 3.05) is 35.7 Å². The lowest BCUT2D eigenvalue weighted by Gasteiger charge is -2.31. The Hall–Kier alpha value is -3.95. The van der Waals surface area contributed by atoms with E-state index in [-0.39, 0.29) is 5.69 Å². The molecule has 0 bridgehead atoms. The summed E-state index contributed by atoms with van der Waals surface area (Å²) < 4.78 is 45.2. The Balaban J connectivity index is 1.97. The Morgan fingerprint density at radius 1 is 0.947 bits per heavy atom. The number of hydrogen-bond donors (Lipinski definition) is 2. The first-order chi connectivity index (χ1) is 17.9. The third-order valence-corrected chi connectivity index (χ3v) is 5.63. The van der Waals surface area contributed by atoms with Gasteiger partial charge in [-0.3, -0.25) is 0 Å². The minimum absolute atomic E-state index is 0.216. The molecule has 1 aromatic heterocycles. The molecule has 38 heavy (non-hydrogen) atoms. The third-order valence-electron chi connectivity index (χ3n) is 5.63. The van der Waals surface area contributed by atoms with Crippen LogP contribution in [0.1, 0.15) is 43.7 Å². The average molecular weight is 531 g/mol. The van der Waals surface area contributed by atoms with Crippen LogP contribution in [0.2, 0.25) is 0 Å². The second-order valence-corrected chi connectivity index (χ2v) is 9.80. The summed E-state index contributed by atoms with van der Waals surface area (Å²) in [4.78, 5) is 27.4. The van der Waals surface area contributed by atoms with Crippen LogP contribution < -0.4 is 15.5 Å². The van der Waals surface area contributed by atoms with Crippen LogP contribution in [0.4, 0.5) is 35.0 Å². The molecule has 3 rings (SSSR count). The molecular weight excluding hydrogens is 497 g/mol. The van der Waals surface area contributed by atoms with Crippen molar-refractivity contribution in [3.8, 4) is 5.69 Å². The third kappa shape index (κ3) is 7.30. The van der Waals surface area contributed by atoms with Gasteiger partial charge >= 0.3 is 18.2 Å². The number of urea groups is 1. The summed E-state index contributed by atoms with van der Waals surface area (Å²) in [5.41, 5.74) is 1.63. The van der Waals surface area contributed by atoms with E-state index in [9.17, 15) is 22.8 Å². The van der Waals surface area contributed by atoms with Gasteiger partial charge in [0.15, 0.2) is 0 Å². The van der Waals surface area contributed by atoms with Gasteiger partial charge in [-0.2, -0.15) is 13.2 Å². The number of rotatable bonds is 9. The van der Waals surface area contributed by atoms with Gasteiger partial charge in [0.05, 0.1) is 24.0 Å². The maximum Gasteiger partial charge on any atom is 0.416 e. The summed E-state index contributed by atoms with van der Waals surface area (Å²) >= 11 is 0. The Bertz CT molecular complexity index is 1240. The van der Waals surface area contributed by atoms with Crippen molar-refractivity contribution < 1.29 is 27.5 Å². The number of methoxy groups -OCH3 is 1. The van der Waals surface area contributed by atoms with Gasteiger partial charge in [-0.05, 0) is 66.4 Å². The summed E-state index contributed by atoms with van der Waals surface area (Å²) in [6.45, 7) is 9.90. The fourth-order valence-corrected chi connectivity index (χ4v) is 4.11. The number of aromatic nitrogens is 1. The van der Waals surface area contributed by atoms with Crippen LogP contribution >= 0.6 is 0 Å². The molecule has 10 heteroatoms. The molecule has 0 saturated carbocycles. The van der Waals surface area contributed by atoms with E-state index in [2.05, 4.69) is 43.2 Å². The van der Waals surface area contributed by atoms with E-state index >= 15 is 0 Å². The van der Waals surface area contributed by atoms with Gasteiger partial charge in [0.2, 0.25) is 0 Å². The van der Waals surface area contributed by atoms with E-state index < -0.39 is 23.7 Å². The van der Waals surface area contributed by atoms with E-state index in [1.807, 2.05) is 12.1 Å². The monoisotopic (exact) mass is 530 g/mol. The summed E-state index contributed by atoms with van der Waals surface area (Å²) in [6.07, 6.45) is -2.75. The quantitative estimate of drug-likeness (QED) is 0.291. The second kappa shape index (κ2) is 12.1. The molecule has 2 aromatic carbocycles. The van der Waals surface area contributed by atoms with Gasteiger partial charge in [-0.25, -0.2) is 9.59 Å². The number of carbonyl (C=O) groups is 2. The molecule has 0 fully saturated rings. The molecule has 2 N–H and O–H groups in total. The van der Waals surface area contributed by atoms with E-state index in [1.165, 1.54) is 19.2 Å². The fourth-order valence-electron chi connectivity index (χ4n) is 4.11. The van der Waals surface area contributed by atoms with E-state index in [0.29, 0.717) is 28.9 Å². The second-order valence-electron chi connectivity index (χ2n) is 9.80. The van der Waals surface area contributed by atoms with Crippen molar-refractivity contribution >= 4 is 29.1 Å². The Kier molecular flexibility index (Phi) is 9.08. The standard InChI is InChI=1S/C28H33F3N4O3/c1-18(2)16-34(17-19(3)4)24-13-12-22(35-14-6-7-25(35)26(36)38-5)15-23(24)33-27(37)32-21-10-8-20(9-11-21)28(29,30)31/h6-15,18-19H,16-17H2,1-5H3,(H2,32,33,37). The van der Waals surface area contributed by atoms with Crippen LogP contribution in [-0.2, 0) is 10.9 Å². The SMILES string of the molecule is COC(=O)c1cccn1-c1ccc(N(CC(C)C)CC(C)C)c(NC(=O)Nc2ccc(C(F)(F)F)cc2)c1. The smallest absolute Gasteiger partial charge is 0.416 e. The number of esters is 1. The highest BCUT2D eigenvalue weighted by molar-refractivity contribution is 6.02. The number of amides is 2. The lowest BCUT2D eigenvalue weighted by molar-refractivity contribution is -0.137. The summed E-state index contributed by atoms with van der Waals surface area (Å²) in [7, 11) is 1.30. The Morgan fingerprint density at radius 3 is 2.13 bits per heavy atom. The zero-order chi connectivity index (χ0) is 28.0. The van der Waals surface area contributed by atoms with Crippen molar-refractivity contribution in [1.82, 2.24) is 4.57 Å². The molecule has 3 aromatic rings. The molecule has 0 aliphatic rings. The topological polar surface area (TPSA) is 75.6 Å². The number of benzene rings is 2. The minimum atomic E-state index is -4.46. The largest absolute Gasteiger partial charge is 0.464 e. The van der Waals surface area contributed by atoms with Crippen LogP contribution in [0.5, 0.6) is 0 Å². The van der Waals surface area contributed by atoms with Gasteiger partial charge in [-0.1, -0.05) is 27.7 Å². The lowest BCUT2D eigenvalue weighted by atomic mass is 10.1. The fraction of sp³-hybridized carbons (Fsp3) is 0.357. The normalized spacial score (nSPS) is 11.5. The lowest BCUT2D eigenvalue weighted by Crippen LogP contribution is -2.32. The summed E-state index contributed by atoms with van der Waals surface area (Å²) in [6, 6.07) is 12.5. The number of alkyl halides is 3. The first kappa shape index (κ1) is 28.6. The van der Waals surface area contributed by atoms with Gasteiger partial charge < -0.3 is 24.8 Å². The van der Waals surface area contributed by atoms with E-state index in [4.69, 9.17) is 4.74 Å². The molecule has 7 nitrogen and oxygen atoms in total. The molecule has 0 radical (unpaired) electrons. The first-order valence-corrected chi connectivity index (χ1v) is 12.3. The summed E-state index contributed by atoms with van der Waals surface area (Å²) in [5, 5.41) is 5.45. The minimum Gasteiger partial charge on any atom is -0.464 e. The zero-order valence-electron chi connectivity index (χ0n) is 22.1. The number of nitrogens with one attached hydrogen (secondary N) is 2. The maximum absolute atomic E-state index is 13.0. The molecule has 204 valence electrons. The molecule has 0 spiro atoms. The van der Waals surface area contributed by atoms with Crippen molar-refractivity contribution in [2.24, 2.45) is 11.8 Å². The van der Waals surface area contributed by atoms with Crippen LogP contribution in [0.25, 0.3) is 5.69 Å². The van der Waals surface area contributed by atoms with Gasteiger partial charge in [0.25, 0.3) is 0 Å². The van der Waals surface area contributed by atoms with E-state index in [0.717, 1.165) is 30.9 Å². The molecule has 2 amide bonds. The van der Waals surface area contributed by atoms with Crippen molar-refractivity contribution in [3.63, 3.8) is 0 Å². The van der Waals surface area contributed by atoms with Crippen molar-refractivity contribution in [1.29, 1.82) is 0 Å². The predicted molar refractivity (Wildman–Crippen MR) is 143 cm³/mol. The molecule has 0 unspecified atom stereocenters. The average Bonchev–Trinajstić information content (AvgIpc) is 3.32. The molecule has 0 aliphatic carbocycles. The molecule has 0 saturated heterocycles. The van der Waals surface area contributed by atoms with Gasteiger partial charge in [0.1, 0.15) is 5.69 Å². The van der Waals surface area contributed by atoms with Crippen molar-refractivity contribution in [3.05, 3.63) is 72.1 Å². The highest BCUT2D eigenvalue weighted by Crippen LogP contribution is 2.32. The number of ether oxygens (including phenoxy) is 1. The van der Waals surface area contributed by atoms with Crippen LogP contribution in [0.3, 0.4) is 0 Å². The van der Waals surface area contributed by atoms with Crippen LogP contribution in [0, 0.1) is 11.8 Å². The van der Waals surface area contributed by atoms with Crippen LogP contribution in [-0.4, -0.2) is 36.8 Å². The molecule has 0 atom stereocenters. The van der Waals surface area contributed by atoms with Crippen molar-refractivity contribution in [2.45, 2.75) is 33.9 Å². The number of halogens is 3. The Morgan fingerprint density at radius 2 is 1.58 bits per heavy atom. The highest BCUT2D eigenvalue weighted by Gasteiger charge is 2.30. The van der Waals surface area contributed by atoms with Gasteiger partial charge in [0, 0.05) is 30.7 Å². The predicted octanol–water partition coefficient (Wildman–Crippen LogP) is 7.05. The van der Waals surface area contributed by atoms with Gasteiger partial charge in [-0.15, -0.1) is 0 Å². The number of nitrogens with zero attached hydrogens (tertiary/aromatic N) is 2. The van der Waals surface area contributed by atoms with Crippen LogP contribution in [0.15, 0.2) is 60.8 Å². The zero-order valence-corrected chi connectivity index (χ0v) is 22.1. The molecule has 1 heterocycles. The maximum atomic E-state index is 13.0. The number of carbonyl (C=O) groups excluding carboxylic acids is 2. The molecular formula is C28H33F3N4O3.